The standard InChI is InChI=1S/C44H31N/c1-3-13-34(14-4-1)43-29-26-38(37-23-22-32-12-7-8-16-36(32)30-37)31-44(43)45(39-18-5-2-6-19-39)40-27-24-35(25-28-40)42-21-11-17-33-15-9-10-20-41(33)42/h1-31H. The van der Waals surface area contributed by atoms with Crippen LogP contribution in [0.2, 0.25) is 0 Å². The van der Waals surface area contributed by atoms with Gasteiger partial charge in [0.05, 0.1) is 5.69 Å². The molecule has 0 spiro atoms. The van der Waals surface area contributed by atoms with E-state index in [0.29, 0.717) is 0 Å². The Balaban J connectivity index is 1.31. The van der Waals surface area contributed by atoms with E-state index >= 15 is 0 Å². The lowest BCUT2D eigenvalue weighted by atomic mass is 9.95. The number of nitrogens with zero attached hydrogens (tertiary/aromatic N) is 1. The highest BCUT2D eigenvalue weighted by Gasteiger charge is 2.19. The van der Waals surface area contributed by atoms with Crippen LogP contribution in [0.5, 0.6) is 0 Å². The zero-order valence-corrected chi connectivity index (χ0v) is 24.8. The van der Waals surface area contributed by atoms with E-state index in [0.717, 1.165) is 17.1 Å². The lowest BCUT2D eigenvalue weighted by Gasteiger charge is -2.29. The van der Waals surface area contributed by atoms with Gasteiger partial charge in [-0.05, 0) is 85.8 Å². The van der Waals surface area contributed by atoms with Gasteiger partial charge < -0.3 is 4.90 Å². The zero-order valence-electron chi connectivity index (χ0n) is 24.8. The monoisotopic (exact) mass is 573 g/mol. The molecule has 8 rings (SSSR count). The molecule has 0 aromatic heterocycles. The van der Waals surface area contributed by atoms with Gasteiger partial charge in [0.2, 0.25) is 0 Å². The normalized spacial score (nSPS) is 11.1. The lowest BCUT2D eigenvalue weighted by Crippen LogP contribution is -2.11. The molecule has 0 saturated carbocycles. The molecule has 0 heterocycles. The van der Waals surface area contributed by atoms with Crippen LogP contribution < -0.4 is 4.90 Å². The molecule has 45 heavy (non-hydrogen) atoms. The van der Waals surface area contributed by atoms with Gasteiger partial charge in [-0.25, -0.2) is 0 Å². The molecule has 0 fully saturated rings. The molecule has 0 aliphatic carbocycles. The quantitative estimate of drug-likeness (QED) is 0.191. The van der Waals surface area contributed by atoms with Crippen molar-refractivity contribution in [1.29, 1.82) is 0 Å². The van der Waals surface area contributed by atoms with E-state index in [4.69, 9.17) is 0 Å². The molecule has 0 aliphatic heterocycles. The highest BCUT2D eigenvalue weighted by atomic mass is 15.1. The van der Waals surface area contributed by atoms with Crippen molar-refractivity contribution < 1.29 is 0 Å². The van der Waals surface area contributed by atoms with Crippen molar-refractivity contribution in [3.8, 4) is 33.4 Å². The Hall–Kier alpha value is -5.92. The molecular formula is C44H31N. The van der Waals surface area contributed by atoms with Crippen molar-refractivity contribution in [2.75, 3.05) is 4.90 Å². The van der Waals surface area contributed by atoms with E-state index in [9.17, 15) is 0 Å². The second-order valence-corrected chi connectivity index (χ2v) is 11.4. The topological polar surface area (TPSA) is 3.24 Å². The molecule has 0 amide bonds. The second kappa shape index (κ2) is 11.6. The van der Waals surface area contributed by atoms with Gasteiger partial charge in [-0.3, -0.25) is 0 Å². The van der Waals surface area contributed by atoms with Gasteiger partial charge >= 0.3 is 0 Å². The summed E-state index contributed by atoms with van der Waals surface area (Å²) in [4.78, 5) is 2.39. The van der Waals surface area contributed by atoms with Crippen LogP contribution in [0.25, 0.3) is 54.9 Å². The number of rotatable bonds is 6. The summed E-state index contributed by atoms with van der Waals surface area (Å²) in [6.07, 6.45) is 0. The molecule has 212 valence electrons. The van der Waals surface area contributed by atoms with Crippen molar-refractivity contribution >= 4 is 38.6 Å². The molecule has 0 atom stereocenters. The van der Waals surface area contributed by atoms with E-state index in [2.05, 4.69) is 193 Å². The number of para-hydroxylation sites is 1. The molecule has 0 bridgehead atoms. The Morgan fingerprint density at radius 3 is 1.64 bits per heavy atom. The summed E-state index contributed by atoms with van der Waals surface area (Å²) in [5.74, 6) is 0. The molecule has 0 unspecified atom stereocenters. The third-order valence-electron chi connectivity index (χ3n) is 8.65. The molecular weight excluding hydrogens is 542 g/mol. The maximum atomic E-state index is 2.39. The summed E-state index contributed by atoms with van der Waals surface area (Å²) in [5.41, 5.74) is 10.6. The summed E-state index contributed by atoms with van der Waals surface area (Å²) in [6.45, 7) is 0. The Bertz CT molecular complexity index is 2250. The van der Waals surface area contributed by atoms with Crippen LogP contribution in [0.3, 0.4) is 0 Å². The van der Waals surface area contributed by atoms with Crippen LogP contribution in [0.4, 0.5) is 17.1 Å². The third-order valence-corrected chi connectivity index (χ3v) is 8.65. The van der Waals surface area contributed by atoms with E-state index in [1.54, 1.807) is 0 Å². The van der Waals surface area contributed by atoms with Gasteiger partial charge in [-0.15, -0.1) is 0 Å². The molecule has 0 aliphatic rings. The SMILES string of the molecule is c1ccc(-c2ccc(-c3ccc4ccccc4c3)cc2N(c2ccccc2)c2ccc(-c3cccc4ccccc34)cc2)cc1. The first-order valence-corrected chi connectivity index (χ1v) is 15.4. The van der Waals surface area contributed by atoms with Gasteiger partial charge in [0.15, 0.2) is 0 Å². The van der Waals surface area contributed by atoms with Crippen LogP contribution in [-0.2, 0) is 0 Å². The number of hydrogen-bond donors (Lipinski definition) is 0. The van der Waals surface area contributed by atoms with Crippen molar-refractivity contribution in [3.63, 3.8) is 0 Å². The average Bonchev–Trinajstić information content (AvgIpc) is 3.12. The number of fused-ring (bicyclic) bond motifs is 2. The van der Waals surface area contributed by atoms with Crippen LogP contribution in [0, 0.1) is 0 Å². The van der Waals surface area contributed by atoms with Crippen molar-refractivity contribution in [3.05, 3.63) is 188 Å². The van der Waals surface area contributed by atoms with Crippen LogP contribution in [0.1, 0.15) is 0 Å². The maximum Gasteiger partial charge on any atom is 0.0546 e. The fourth-order valence-electron chi connectivity index (χ4n) is 6.40. The van der Waals surface area contributed by atoms with E-state index in [-0.39, 0.29) is 0 Å². The van der Waals surface area contributed by atoms with Crippen LogP contribution in [-0.4, -0.2) is 0 Å². The maximum absolute atomic E-state index is 2.39. The Kier molecular flexibility index (Phi) is 6.90. The predicted octanol–water partition coefficient (Wildman–Crippen LogP) is 12.5. The van der Waals surface area contributed by atoms with Gasteiger partial charge in [-0.2, -0.15) is 0 Å². The Labute approximate surface area is 264 Å². The van der Waals surface area contributed by atoms with Crippen molar-refractivity contribution in [1.82, 2.24) is 0 Å². The summed E-state index contributed by atoms with van der Waals surface area (Å²) in [5, 5.41) is 5.01. The summed E-state index contributed by atoms with van der Waals surface area (Å²) >= 11 is 0. The Morgan fingerprint density at radius 1 is 0.289 bits per heavy atom. The largest absolute Gasteiger partial charge is 0.310 e. The van der Waals surface area contributed by atoms with E-state index in [1.807, 2.05) is 0 Å². The molecule has 8 aromatic rings. The Morgan fingerprint density at radius 2 is 0.844 bits per heavy atom. The molecule has 1 nitrogen and oxygen atoms in total. The zero-order chi connectivity index (χ0) is 30.0. The summed E-state index contributed by atoms with van der Waals surface area (Å²) in [6, 6.07) is 67.7. The van der Waals surface area contributed by atoms with E-state index in [1.165, 1.54) is 54.9 Å². The third kappa shape index (κ3) is 5.15. The molecule has 8 aromatic carbocycles. The predicted molar refractivity (Wildman–Crippen MR) is 192 cm³/mol. The minimum absolute atomic E-state index is 1.11. The van der Waals surface area contributed by atoms with Gasteiger partial charge in [0, 0.05) is 16.9 Å². The summed E-state index contributed by atoms with van der Waals surface area (Å²) in [7, 11) is 0. The van der Waals surface area contributed by atoms with Crippen LogP contribution in [0.15, 0.2) is 188 Å². The number of benzene rings is 8. The van der Waals surface area contributed by atoms with Gasteiger partial charge in [0.1, 0.15) is 0 Å². The minimum atomic E-state index is 1.11. The minimum Gasteiger partial charge on any atom is -0.310 e. The smallest absolute Gasteiger partial charge is 0.0546 e. The fraction of sp³-hybridized carbons (Fsp3) is 0. The van der Waals surface area contributed by atoms with Crippen molar-refractivity contribution in [2.24, 2.45) is 0 Å². The first kappa shape index (κ1) is 26.7. The fourth-order valence-corrected chi connectivity index (χ4v) is 6.40. The highest BCUT2D eigenvalue weighted by Crippen LogP contribution is 2.43. The number of anilines is 3. The molecule has 0 saturated heterocycles. The lowest BCUT2D eigenvalue weighted by molar-refractivity contribution is 1.28. The second-order valence-electron chi connectivity index (χ2n) is 11.4. The first-order valence-electron chi connectivity index (χ1n) is 15.4. The van der Waals surface area contributed by atoms with Gasteiger partial charge in [0.25, 0.3) is 0 Å². The van der Waals surface area contributed by atoms with E-state index < -0.39 is 0 Å². The summed E-state index contributed by atoms with van der Waals surface area (Å²) < 4.78 is 0. The van der Waals surface area contributed by atoms with Gasteiger partial charge in [-0.1, -0.05) is 152 Å². The molecule has 1 heteroatoms. The first-order chi connectivity index (χ1) is 22.3. The highest BCUT2D eigenvalue weighted by molar-refractivity contribution is 5.97. The average molecular weight is 574 g/mol. The number of hydrogen-bond acceptors (Lipinski definition) is 1. The van der Waals surface area contributed by atoms with Crippen molar-refractivity contribution in [2.45, 2.75) is 0 Å². The van der Waals surface area contributed by atoms with Crippen LogP contribution >= 0.6 is 0 Å². The molecule has 0 radical (unpaired) electrons. The molecule has 0 N–H and O–H groups in total.